The Kier molecular flexibility index (Phi) is 2.79. The predicted molar refractivity (Wildman–Crippen MR) is 70.3 cm³/mol. The van der Waals surface area contributed by atoms with Gasteiger partial charge in [0.1, 0.15) is 0 Å². The summed E-state index contributed by atoms with van der Waals surface area (Å²) >= 11 is 0. The molecular formula is C13H13N3O3. The Morgan fingerprint density at radius 1 is 1.42 bits per heavy atom. The first kappa shape index (κ1) is 11.9. The van der Waals surface area contributed by atoms with Crippen molar-refractivity contribution in [3.05, 3.63) is 40.1 Å². The molecule has 1 aliphatic heterocycles. The molecule has 98 valence electrons. The van der Waals surface area contributed by atoms with E-state index in [4.69, 9.17) is 0 Å². The zero-order valence-electron chi connectivity index (χ0n) is 10.2. The second-order valence-electron chi connectivity index (χ2n) is 4.70. The van der Waals surface area contributed by atoms with Gasteiger partial charge in [0.2, 0.25) is 0 Å². The largest absolute Gasteiger partial charge is 0.360 e. The summed E-state index contributed by atoms with van der Waals surface area (Å²) in [6, 6.07) is 4.38. The molecule has 1 fully saturated rings. The van der Waals surface area contributed by atoms with Gasteiger partial charge in [0.25, 0.3) is 5.69 Å². The highest BCUT2D eigenvalue weighted by Gasteiger charge is 2.25. The molecule has 2 N–H and O–H groups in total. The van der Waals surface area contributed by atoms with Crippen molar-refractivity contribution in [3.8, 4) is 0 Å². The lowest BCUT2D eigenvalue weighted by molar-refractivity contribution is -0.384. The SMILES string of the molecule is O=C(c1c[nH]c2cc([N+](=O)[O-])ccc12)C1CCCN1. The molecule has 1 aromatic heterocycles. The highest BCUT2D eigenvalue weighted by molar-refractivity contribution is 6.10. The molecule has 0 saturated carbocycles. The molecule has 1 aliphatic rings. The minimum absolute atomic E-state index is 0.0207. The molecule has 0 spiro atoms. The molecule has 0 radical (unpaired) electrons. The fourth-order valence-electron chi connectivity index (χ4n) is 2.53. The van der Waals surface area contributed by atoms with E-state index in [9.17, 15) is 14.9 Å². The van der Waals surface area contributed by atoms with Gasteiger partial charge in [0, 0.05) is 29.3 Å². The van der Waals surface area contributed by atoms with Gasteiger partial charge in [-0.3, -0.25) is 14.9 Å². The Balaban J connectivity index is 2.00. The van der Waals surface area contributed by atoms with E-state index in [0.29, 0.717) is 11.1 Å². The number of nitrogens with one attached hydrogen (secondary N) is 2. The normalized spacial score (nSPS) is 18.8. The zero-order valence-corrected chi connectivity index (χ0v) is 10.2. The van der Waals surface area contributed by atoms with Gasteiger partial charge in [-0.15, -0.1) is 0 Å². The fraction of sp³-hybridized carbons (Fsp3) is 0.308. The molecule has 3 rings (SSSR count). The van der Waals surface area contributed by atoms with Crippen molar-refractivity contribution in [2.75, 3.05) is 6.54 Å². The monoisotopic (exact) mass is 259 g/mol. The number of carbonyl (C=O) groups is 1. The molecule has 1 saturated heterocycles. The average Bonchev–Trinajstić information content (AvgIpc) is 3.06. The molecule has 1 aromatic carbocycles. The topological polar surface area (TPSA) is 88.0 Å². The highest BCUT2D eigenvalue weighted by Crippen LogP contribution is 2.25. The van der Waals surface area contributed by atoms with E-state index in [2.05, 4.69) is 10.3 Å². The van der Waals surface area contributed by atoms with Gasteiger partial charge in [0.05, 0.1) is 16.5 Å². The third kappa shape index (κ3) is 2.00. The van der Waals surface area contributed by atoms with Crippen molar-refractivity contribution >= 4 is 22.4 Å². The van der Waals surface area contributed by atoms with E-state index in [1.165, 1.54) is 12.1 Å². The number of ketones is 1. The number of Topliss-reactive ketones (excluding diaryl/α,β-unsaturated/α-hetero) is 1. The summed E-state index contributed by atoms with van der Waals surface area (Å²) in [5, 5.41) is 14.6. The van der Waals surface area contributed by atoms with Crippen LogP contribution >= 0.6 is 0 Å². The Morgan fingerprint density at radius 3 is 2.95 bits per heavy atom. The number of carbonyl (C=O) groups excluding carboxylic acids is 1. The van der Waals surface area contributed by atoms with E-state index < -0.39 is 4.92 Å². The van der Waals surface area contributed by atoms with Crippen LogP contribution in [0, 0.1) is 10.1 Å². The predicted octanol–water partition coefficient (Wildman–Crippen LogP) is 2.01. The molecule has 2 aromatic rings. The second kappa shape index (κ2) is 4.47. The maximum atomic E-state index is 12.3. The Hall–Kier alpha value is -2.21. The summed E-state index contributed by atoms with van der Waals surface area (Å²) in [6.45, 7) is 0.865. The number of hydrogen-bond donors (Lipinski definition) is 2. The molecular weight excluding hydrogens is 246 g/mol. The fourth-order valence-corrected chi connectivity index (χ4v) is 2.53. The van der Waals surface area contributed by atoms with Crippen LogP contribution in [0.5, 0.6) is 0 Å². The quantitative estimate of drug-likeness (QED) is 0.501. The minimum Gasteiger partial charge on any atom is -0.360 e. The van der Waals surface area contributed by atoms with Gasteiger partial charge in [0.15, 0.2) is 5.78 Å². The standard InChI is InChI=1S/C13H13N3O3/c17-13(11-2-1-5-14-11)10-7-15-12-6-8(16(18)19)3-4-9(10)12/h3-4,6-7,11,14-15H,1-2,5H2. The molecule has 0 amide bonds. The lowest BCUT2D eigenvalue weighted by Gasteiger charge is -2.07. The van der Waals surface area contributed by atoms with Crippen LogP contribution in [-0.2, 0) is 0 Å². The number of non-ortho nitro benzene ring substituents is 1. The summed E-state index contributed by atoms with van der Waals surface area (Å²) in [4.78, 5) is 25.5. The van der Waals surface area contributed by atoms with Crippen LogP contribution < -0.4 is 5.32 Å². The van der Waals surface area contributed by atoms with Crippen LogP contribution in [0.4, 0.5) is 5.69 Å². The van der Waals surface area contributed by atoms with Crippen molar-refractivity contribution in [3.63, 3.8) is 0 Å². The van der Waals surface area contributed by atoms with Gasteiger partial charge >= 0.3 is 0 Å². The Bertz CT molecular complexity index is 656. The first-order valence-electron chi connectivity index (χ1n) is 6.20. The van der Waals surface area contributed by atoms with Gasteiger partial charge < -0.3 is 10.3 Å². The van der Waals surface area contributed by atoms with E-state index >= 15 is 0 Å². The van der Waals surface area contributed by atoms with E-state index in [1.807, 2.05) is 0 Å². The van der Waals surface area contributed by atoms with Gasteiger partial charge in [-0.25, -0.2) is 0 Å². The summed E-state index contributed by atoms with van der Waals surface area (Å²) in [7, 11) is 0. The zero-order chi connectivity index (χ0) is 13.4. The number of H-pyrrole nitrogens is 1. The molecule has 0 bridgehead atoms. The van der Waals surface area contributed by atoms with Crippen molar-refractivity contribution in [2.24, 2.45) is 0 Å². The van der Waals surface area contributed by atoms with Gasteiger partial charge in [-0.1, -0.05) is 0 Å². The summed E-state index contributed by atoms with van der Waals surface area (Å²) in [5.74, 6) is 0.0533. The van der Waals surface area contributed by atoms with Gasteiger partial charge in [-0.2, -0.15) is 0 Å². The lowest BCUT2D eigenvalue weighted by atomic mass is 10.0. The number of aromatic nitrogens is 1. The maximum Gasteiger partial charge on any atom is 0.271 e. The molecule has 6 nitrogen and oxygen atoms in total. The van der Waals surface area contributed by atoms with Crippen LogP contribution in [-0.4, -0.2) is 28.3 Å². The number of nitrogens with zero attached hydrogens (tertiary/aromatic N) is 1. The summed E-state index contributed by atoms with van der Waals surface area (Å²) in [5.41, 5.74) is 1.24. The van der Waals surface area contributed by atoms with Crippen LogP contribution in [0.25, 0.3) is 10.9 Å². The van der Waals surface area contributed by atoms with E-state index in [1.54, 1.807) is 12.3 Å². The molecule has 2 heterocycles. The van der Waals surface area contributed by atoms with Crippen molar-refractivity contribution < 1.29 is 9.72 Å². The highest BCUT2D eigenvalue weighted by atomic mass is 16.6. The molecule has 19 heavy (non-hydrogen) atoms. The maximum absolute atomic E-state index is 12.3. The number of nitro benzene ring substituents is 1. The van der Waals surface area contributed by atoms with Crippen molar-refractivity contribution in [1.82, 2.24) is 10.3 Å². The Morgan fingerprint density at radius 2 is 2.26 bits per heavy atom. The number of nitro groups is 1. The Labute approximate surface area is 109 Å². The number of benzene rings is 1. The number of hydrogen-bond acceptors (Lipinski definition) is 4. The van der Waals surface area contributed by atoms with Crippen LogP contribution in [0.2, 0.25) is 0 Å². The molecule has 0 aliphatic carbocycles. The summed E-state index contributed by atoms with van der Waals surface area (Å²) in [6.07, 6.45) is 3.49. The first-order chi connectivity index (χ1) is 9.16. The first-order valence-corrected chi connectivity index (χ1v) is 6.20. The smallest absolute Gasteiger partial charge is 0.271 e. The minimum atomic E-state index is -0.444. The molecule has 1 atom stereocenters. The molecule has 6 heteroatoms. The van der Waals surface area contributed by atoms with Gasteiger partial charge in [-0.05, 0) is 25.5 Å². The number of aromatic amines is 1. The van der Waals surface area contributed by atoms with E-state index in [-0.39, 0.29) is 17.5 Å². The van der Waals surface area contributed by atoms with E-state index in [0.717, 1.165) is 24.8 Å². The average molecular weight is 259 g/mol. The third-order valence-electron chi connectivity index (χ3n) is 3.52. The second-order valence-corrected chi connectivity index (χ2v) is 4.70. The van der Waals surface area contributed by atoms with Crippen LogP contribution in [0.1, 0.15) is 23.2 Å². The van der Waals surface area contributed by atoms with Crippen molar-refractivity contribution in [1.29, 1.82) is 0 Å². The lowest BCUT2D eigenvalue weighted by Crippen LogP contribution is -2.30. The third-order valence-corrected chi connectivity index (χ3v) is 3.52. The number of rotatable bonds is 3. The van der Waals surface area contributed by atoms with Crippen molar-refractivity contribution in [2.45, 2.75) is 18.9 Å². The summed E-state index contributed by atoms with van der Waals surface area (Å²) < 4.78 is 0. The van der Waals surface area contributed by atoms with Crippen LogP contribution in [0.3, 0.4) is 0 Å². The number of fused-ring (bicyclic) bond motifs is 1. The molecule has 1 unspecified atom stereocenters. The van der Waals surface area contributed by atoms with Crippen LogP contribution in [0.15, 0.2) is 24.4 Å².